The molecule has 0 radical (unpaired) electrons. The average molecular weight is 262 g/mol. The van der Waals surface area contributed by atoms with Gasteiger partial charge in [-0.05, 0) is 42.2 Å². The normalized spacial score (nSPS) is 21.9. The number of amides is 1. The number of thiophene rings is 1. The van der Waals surface area contributed by atoms with Crippen LogP contribution in [0, 0.1) is 0 Å². The van der Waals surface area contributed by atoms with E-state index in [1.807, 2.05) is 23.5 Å². The van der Waals surface area contributed by atoms with Crippen molar-refractivity contribution in [2.24, 2.45) is 0 Å². The number of nitrogens with one attached hydrogen (secondary N) is 2. The molecule has 3 rings (SSSR count). The van der Waals surface area contributed by atoms with Gasteiger partial charge in [0.1, 0.15) is 6.04 Å². The molecule has 2 aliphatic rings. The molecule has 1 amide bonds. The summed E-state index contributed by atoms with van der Waals surface area (Å²) in [6.45, 7) is 1.47. The van der Waals surface area contributed by atoms with Crippen molar-refractivity contribution in [1.29, 1.82) is 0 Å². The van der Waals surface area contributed by atoms with E-state index in [1.54, 1.807) is 0 Å². The van der Waals surface area contributed by atoms with Gasteiger partial charge in [0.25, 0.3) is 0 Å². The molecular formula is C14H18N2OS. The van der Waals surface area contributed by atoms with E-state index in [9.17, 15) is 4.79 Å². The molecule has 1 aromatic heterocycles. The van der Waals surface area contributed by atoms with Crippen LogP contribution in [0.1, 0.15) is 28.8 Å². The molecule has 1 aromatic rings. The molecule has 0 saturated heterocycles. The van der Waals surface area contributed by atoms with Crippen LogP contribution in [-0.2, 0) is 24.2 Å². The summed E-state index contributed by atoms with van der Waals surface area (Å²) in [4.78, 5) is 13.4. The van der Waals surface area contributed by atoms with Crippen LogP contribution < -0.4 is 10.6 Å². The van der Waals surface area contributed by atoms with Crippen molar-refractivity contribution in [2.75, 3.05) is 6.54 Å². The van der Waals surface area contributed by atoms with Crippen molar-refractivity contribution >= 4 is 17.2 Å². The van der Waals surface area contributed by atoms with Gasteiger partial charge in [-0.25, -0.2) is 0 Å². The molecule has 0 aromatic carbocycles. The van der Waals surface area contributed by atoms with E-state index < -0.39 is 0 Å². The van der Waals surface area contributed by atoms with Gasteiger partial charge in [0, 0.05) is 18.0 Å². The zero-order chi connectivity index (χ0) is 12.4. The molecule has 18 heavy (non-hydrogen) atoms. The number of aryl methyl sites for hydroxylation is 1. The number of carbonyl (C=O) groups is 1. The van der Waals surface area contributed by atoms with Gasteiger partial charge in [-0.2, -0.15) is 0 Å². The lowest BCUT2D eigenvalue weighted by molar-refractivity contribution is -0.122. The van der Waals surface area contributed by atoms with Crippen LogP contribution in [-0.4, -0.2) is 18.5 Å². The second-order valence-electron chi connectivity index (χ2n) is 4.90. The van der Waals surface area contributed by atoms with Crippen LogP contribution in [0.4, 0.5) is 0 Å². The predicted octanol–water partition coefficient (Wildman–Crippen LogP) is 1.77. The number of hydrogen-bond acceptors (Lipinski definition) is 3. The zero-order valence-electron chi connectivity index (χ0n) is 10.4. The SMILES string of the molecule is O=C(NCc1csc2c1CCCC2)C1C=CCN1. The highest BCUT2D eigenvalue weighted by Crippen LogP contribution is 2.30. The first-order chi connectivity index (χ1) is 8.84. The molecule has 0 spiro atoms. The predicted molar refractivity (Wildman–Crippen MR) is 73.7 cm³/mol. The third kappa shape index (κ3) is 2.35. The summed E-state index contributed by atoms with van der Waals surface area (Å²) < 4.78 is 0. The molecule has 3 nitrogen and oxygen atoms in total. The third-order valence-electron chi connectivity index (χ3n) is 3.67. The smallest absolute Gasteiger partial charge is 0.241 e. The van der Waals surface area contributed by atoms with Gasteiger partial charge in [-0.1, -0.05) is 12.2 Å². The molecule has 1 atom stereocenters. The van der Waals surface area contributed by atoms with Crippen LogP contribution in [0.25, 0.3) is 0 Å². The number of carbonyl (C=O) groups excluding carboxylic acids is 1. The summed E-state index contributed by atoms with van der Waals surface area (Å²) in [6.07, 6.45) is 8.94. The highest BCUT2D eigenvalue weighted by molar-refractivity contribution is 7.10. The molecule has 0 saturated carbocycles. The second-order valence-corrected chi connectivity index (χ2v) is 5.87. The van der Waals surface area contributed by atoms with Crippen molar-refractivity contribution in [3.8, 4) is 0 Å². The van der Waals surface area contributed by atoms with Gasteiger partial charge in [-0.15, -0.1) is 11.3 Å². The Labute approximate surface area is 111 Å². The van der Waals surface area contributed by atoms with Crippen LogP contribution in [0.2, 0.25) is 0 Å². The maximum atomic E-state index is 11.9. The van der Waals surface area contributed by atoms with Crippen molar-refractivity contribution in [3.05, 3.63) is 33.5 Å². The molecule has 2 heterocycles. The summed E-state index contributed by atoms with van der Waals surface area (Å²) in [7, 11) is 0. The third-order valence-corrected chi connectivity index (χ3v) is 4.81. The molecule has 2 N–H and O–H groups in total. The minimum absolute atomic E-state index is 0.0829. The monoisotopic (exact) mass is 262 g/mol. The fourth-order valence-electron chi connectivity index (χ4n) is 2.65. The first-order valence-corrected chi connectivity index (χ1v) is 7.48. The van der Waals surface area contributed by atoms with Crippen LogP contribution in [0.15, 0.2) is 17.5 Å². The Balaban J connectivity index is 1.61. The maximum absolute atomic E-state index is 11.9. The van der Waals surface area contributed by atoms with E-state index in [1.165, 1.54) is 41.7 Å². The van der Waals surface area contributed by atoms with Crippen LogP contribution in [0.3, 0.4) is 0 Å². The lowest BCUT2D eigenvalue weighted by Gasteiger charge is -2.14. The molecular weight excluding hydrogens is 244 g/mol. The van der Waals surface area contributed by atoms with Gasteiger partial charge in [0.15, 0.2) is 0 Å². The molecule has 0 fully saturated rings. The Hall–Kier alpha value is -1.13. The van der Waals surface area contributed by atoms with Crippen molar-refractivity contribution in [3.63, 3.8) is 0 Å². The summed E-state index contributed by atoms with van der Waals surface area (Å²) in [5, 5.41) is 8.38. The number of fused-ring (bicyclic) bond motifs is 1. The molecule has 1 aliphatic carbocycles. The Kier molecular flexibility index (Phi) is 3.48. The molecule has 1 unspecified atom stereocenters. The minimum Gasteiger partial charge on any atom is -0.350 e. The van der Waals surface area contributed by atoms with Crippen molar-refractivity contribution in [1.82, 2.24) is 10.6 Å². The van der Waals surface area contributed by atoms with Gasteiger partial charge in [0.2, 0.25) is 5.91 Å². The van der Waals surface area contributed by atoms with Crippen LogP contribution >= 0.6 is 11.3 Å². The second kappa shape index (κ2) is 5.24. The lowest BCUT2D eigenvalue weighted by Crippen LogP contribution is -2.40. The summed E-state index contributed by atoms with van der Waals surface area (Å²) in [5.41, 5.74) is 2.83. The fraction of sp³-hybridized carbons (Fsp3) is 0.500. The minimum atomic E-state index is -0.139. The van der Waals surface area contributed by atoms with E-state index in [-0.39, 0.29) is 11.9 Å². The van der Waals surface area contributed by atoms with Gasteiger partial charge >= 0.3 is 0 Å². The van der Waals surface area contributed by atoms with E-state index in [4.69, 9.17) is 0 Å². The summed E-state index contributed by atoms with van der Waals surface area (Å²) in [6, 6.07) is -0.139. The Morgan fingerprint density at radius 2 is 2.33 bits per heavy atom. The fourth-order valence-corrected chi connectivity index (χ4v) is 3.80. The van der Waals surface area contributed by atoms with Gasteiger partial charge < -0.3 is 5.32 Å². The standard InChI is InChI=1S/C14H18N2OS/c17-14(12-5-3-7-15-12)16-8-10-9-18-13-6-2-1-4-11(10)13/h3,5,9,12,15H,1-2,4,6-8H2,(H,16,17). The summed E-state index contributed by atoms with van der Waals surface area (Å²) in [5.74, 6) is 0.0829. The maximum Gasteiger partial charge on any atom is 0.241 e. The largest absolute Gasteiger partial charge is 0.350 e. The van der Waals surface area contributed by atoms with E-state index in [0.717, 1.165) is 6.54 Å². The molecule has 1 aliphatic heterocycles. The van der Waals surface area contributed by atoms with E-state index >= 15 is 0 Å². The molecule has 96 valence electrons. The van der Waals surface area contributed by atoms with Crippen molar-refractivity contribution < 1.29 is 4.79 Å². The average Bonchev–Trinajstić information content (AvgIpc) is 3.06. The van der Waals surface area contributed by atoms with Gasteiger partial charge in [-0.3, -0.25) is 10.1 Å². The highest BCUT2D eigenvalue weighted by atomic mass is 32.1. The summed E-state index contributed by atoms with van der Waals surface area (Å²) >= 11 is 1.86. The Bertz CT molecular complexity index is 478. The quantitative estimate of drug-likeness (QED) is 0.815. The van der Waals surface area contributed by atoms with E-state index in [2.05, 4.69) is 16.0 Å². The van der Waals surface area contributed by atoms with E-state index in [0.29, 0.717) is 6.54 Å². The first kappa shape index (κ1) is 11.9. The zero-order valence-corrected chi connectivity index (χ0v) is 11.2. The Morgan fingerprint density at radius 1 is 1.44 bits per heavy atom. The first-order valence-electron chi connectivity index (χ1n) is 6.60. The lowest BCUT2D eigenvalue weighted by atomic mass is 9.96. The topological polar surface area (TPSA) is 41.1 Å². The highest BCUT2D eigenvalue weighted by Gasteiger charge is 2.19. The molecule has 4 heteroatoms. The van der Waals surface area contributed by atoms with Gasteiger partial charge in [0.05, 0.1) is 0 Å². The Morgan fingerprint density at radius 3 is 3.17 bits per heavy atom. The van der Waals surface area contributed by atoms with Crippen molar-refractivity contribution in [2.45, 2.75) is 38.3 Å². The van der Waals surface area contributed by atoms with Crippen LogP contribution in [0.5, 0.6) is 0 Å². The number of hydrogen-bond donors (Lipinski definition) is 2. The molecule has 0 bridgehead atoms. The number of rotatable bonds is 3.